The third-order valence-corrected chi connectivity index (χ3v) is 1.54. The molecule has 0 aliphatic rings. The summed E-state index contributed by atoms with van der Waals surface area (Å²) in [6, 6.07) is 0. The van der Waals surface area contributed by atoms with E-state index in [4.69, 9.17) is 6.42 Å². The van der Waals surface area contributed by atoms with Crippen LogP contribution in [0.4, 0.5) is 0 Å². The predicted molar refractivity (Wildman–Crippen MR) is 49.5 cm³/mol. The Morgan fingerprint density at radius 1 is 1.64 bits per heavy atom. The van der Waals surface area contributed by atoms with Gasteiger partial charge in [0.25, 0.3) is 0 Å². The zero-order valence-corrected chi connectivity index (χ0v) is 7.99. The Kier molecular flexibility index (Phi) is 7.28. The minimum absolute atomic E-state index is 0.0823. The number of amides is 1. The van der Waals surface area contributed by atoms with Gasteiger partial charge in [-0.25, -0.2) is 0 Å². The van der Waals surface area contributed by atoms with E-state index in [1.54, 1.807) is 0 Å². The molecule has 2 nitrogen and oxygen atoms in total. The number of hydrogen-bond acceptors (Lipinski definition) is 1. The first-order chi connectivity index (χ1) is 5.31. The molecule has 0 radical (unpaired) electrons. The lowest BCUT2D eigenvalue weighted by Gasteiger charge is -2.00. The summed E-state index contributed by atoms with van der Waals surface area (Å²) in [5.41, 5.74) is 0. The van der Waals surface area contributed by atoms with Gasteiger partial charge in [0.1, 0.15) is 0 Å². The molecule has 0 aromatic heterocycles. The number of alkyl halides is 1. The number of halogens is 1. The Hall–Kier alpha value is -0.490. The Bertz CT molecular complexity index is 151. The molecular weight excluding hydrogens is 206 g/mol. The smallest absolute Gasteiger partial charge is 0.220 e. The van der Waals surface area contributed by atoms with Gasteiger partial charge in [-0.15, -0.1) is 12.3 Å². The van der Waals surface area contributed by atoms with E-state index in [1.165, 1.54) is 0 Å². The first-order valence-electron chi connectivity index (χ1n) is 3.57. The van der Waals surface area contributed by atoms with Crippen LogP contribution < -0.4 is 5.32 Å². The van der Waals surface area contributed by atoms with Crippen molar-refractivity contribution in [1.82, 2.24) is 5.32 Å². The summed E-state index contributed by atoms with van der Waals surface area (Å²) >= 11 is 3.18. The molecule has 0 aliphatic heterocycles. The van der Waals surface area contributed by atoms with Crippen LogP contribution in [0, 0.1) is 12.3 Å². The molecule has 62 valence electrons. The molecule has 0 atom stereocenters. The summed E-state index contributed by atoms with van der Waals surface area (Å²) in [6.07, 6.45) is 7.17. The maximum absolute atomic E-state index is 10.8. The van der Waals surface area contributed by atoms with Gasteiger partial charge < -0.3 is 5.32 Å². The third kappa shape index (κ3) is 7.41. The van der Waals surface area contributed by atoms with E-state index in [2.05, 4.69) is 27.2 Å². The van der Waals surface area contributed by atoms with Gasteiger partial charge in [0.2, 0.25) is 5.91 Å². The van der Waals surface area contributed by atoms with Gasteiger partial charge in [0, 0.05) is 24.7 Å². The van der Waals surface area contributed by atoms with E-state index in [-0.39, 0.29) is 5.91 Å². The lowest BCUT2D eigenvalue weighted by Crippen LogP contribution is -2.24. The summed E-state index contributed by atoms with van der Waals surface area (Å²) in [4.78, 5) is 10.8. The summed E-state index contributed by atoms with van der Waals surface area (Å²) in [7, 11) is 0. The number of nitrogens with one attached hydrogen (secondary N) is 1. The number of carbonyl (C=O) groups excluding carboxylic acids is 1. The highest BCUT2D eigenvalue weighted by Crippen LogP contribution is 1.88. The average molecular weight is 218 g/mol. The third-order valence-electron chi connectivity index (χ3n) is 1.14. The molecule has 0 rings (SSSR count). The van der Waals surface area contributed by atoms with Crippen molar-refractivity contribution < 1.29 is 4.79 Å². The molecular formula is C8H12BrNO. The molecule has 0 aliphatic carbocycles. The molecule has 11 heavy (non-hydrogen) atoms. The standard InChI is InChI=1S/C8H12BrNO/c1-2-3-4-7-10-8(11)5-6-9/h1H,3-7H2,(H,10,11). The summed E-state index contributed by atoms with van der Waals surface area (Å²) < 4.78 is 0. The molecule has 1 N–H and O–H groups in total. The lowest BCUT2D eigenvalue weighted by molar-refractivity contribution is -0.120. The highest BCUT2D eigenvalue weighted by molar-refractivity contribution is 9.09. The minimum atomic E-state index is 0.0823. The van der Waals surface area contributed by atoms with E-state index in [0.717, 1.165) is 12.8 Å². The fourth-order valence-electron chi connectivity index (χ4n) is 0.592. The molecule has 0 unspecified atom stereocenters. The molecule has 0 aromatic rings. The first-order valence-corrected chi connectivity index (χ1v) is 4.69. The van der Waals surface area contributed by atoms with Crippen LogP contribution in [0.3, 0.4) is 0 Å². The van der Waals surface area contributed by atoms with Crippen molar-refractivity contribution in [2.45, 2.75) is 19.3 Å². The molecule has 0 saturated heterocycles. The normalized spacial score (nSPS) is 8.73. The zero-order valence-electron chi connectivity index (χ0n) is 6.40. The van der Waals surface area contributed by atoms with Crippen LogP contribution in [0.2, 0.25) is 0 Å². The van der Waals surface area contributed by atoms with E-state index in [0.29, 0.717) is 18.3 Å². The molecule has 0 heterocycles. The summed E-state index contributed by atoms with van der Waals surface area (Å²) in [5, 5.41) is 3.47. The monoisotopic (exact) mass is 217 g/mol. The van der Waals surface area contributed by atoms with Crippen LogP contribution in [0.25, 0.3) is 0 Å². The Morgan fingerprint density at radius 2 is 2.36 bits per heavy atom. The van der Waals surface area contributed by atoms with Crippen molar-refractivity contribution in [3.05, 3.63) is 0 Å². The van der Waals surface area contributed by atoms with Crippen LogP contribution in [-0.2, 0) is 4.79 Å². The minimum Gasteiger partial charge on any atom is -0.356 e. The maximum Gasteiger partial charge on any atom is 0.220 e. The summed E-state index contributed by atoms with van der Waals surface area (Å²) in [6.45, 7) is 0.691. The molecule has 0 bridgehead atoms. The van der Waals surface area contributed by atoms with Gasteiger partial charge in [-0.05, 0) is 6.42 Å². The van der Waals surface area contributed by atoms with Gasteiger partial charge in [-0.3, -0.25) is 4.79 Å². The molecule has 1 amide bonds. The second-order valence-corrected chi connectivity index (χ2v) is 2.89. The Labute approximate surface area is 75.9 Å². The number of terminal acetylenes is 1. The van der Waals surface area contributed by atoms with E-state index < -0.39 is 0 Å². The number of unbranched alkanes of at least 4 members (excludes halogenated alkanes) is 1. The largest absolute Gasteiger partial charge is 0.356 e. The van der Waals surface area contributed by atoms with Gasteiger partial charge in [0.15, 0.2) is 0 Å². The second kappa shape index (κ2) is 7.62. The number of rotatable bonds is 5. The molecule has 0 fully saturated rings. The van der Waals surface area contributed by atoms with Gasteiger partial charge in [-0.1, -0.05) is 15.9 Å². The SMILES string of the molecule is C#CCCCNC(=O)CCBr. The van der Waals surface area contributed by atoms with E-state index in [9.17, 15) is 4.79 Å². The molecule has 0 aromatic carbocycles. The highest BCUT2D eigenvalue weighted by atomic mass is 79.9. The van der Waals surface area contributed by atoms with Gasteiger partial charge in [-0.2, -0.15) is 0 Å². The highest BCUT2D eigenvalue weighted by Gasteiger charge is 1.96. The summed E-state index contributed by atoms with van der Waals surface area (Å²) in [5.74, 6) is 2.60. The van der Waals surface area contributed by atoms with Gasteiger partial charge >= 0.3 is 0 Å². The first kappa shape index (κ1) is 10.5. The van der Waals surface area contributed by atoms with Crippen LogP contribution in [-0.4, -0.2) is 17.8 Å². The van der Waals surface area contributed by atoms with Crippen molar-refractivity contribution >= 4 is 21.8 Å². The van der Waals surface area contributed by atoms with Crippen LogP contribution in [0.15, 0.2) is 0 Å². The van der Waals surface area contributed by atoms with Crippen LogP contribution in [0.5, 0.6) is 0 Å². The second-order valence-electron chi connectivity index (χ2n) is 2.10. The number of hydrogen-bond donors (Lipinski definition) is 1. The van der Waals surface area contributed by atoms with Crippen molar-refractivity contribution in [3.63, 3.8) is 0 Å². The fraction of sp³-hybridized carbons (Fsp3) is 0.625. The van der Waals surface area contributed by atoms with Crippen molar-refractivity contribution in [2.75, 3.05) is 11.9 Å². The molecule has 0 saturated carbocycles. The fourth-order valence-corrected chi connectivity index (χ4v) is 0.953. The zero-order chi connectivity index (χ0) is 8.53. The van der Waals surface area contributed by atoms with Crippen molar-refractivity contribution in [2.24, 2.45) is 0 Å². The maximum atomic E-state index is 10.8. The van der Waals surface area contributed by atoms with Crippen molar-refractivity contribution in [1.29, 1.82) is 0 Å². The predicted octanol–water partition coefficient (Wildman–Crippen LogP) is 1.30. The van der Waals surface area contributed by atoms with E-state index in [1.807, 2.05) is 0 Å². The topological polar surface area (TPSA) is 29.1 Å². The lowest BCUT2D eigenvalue weighted by atomic mass is 10.3. The Balaban J connectivity index is 3.12. The Morgan fingerprint density at radius 3 is 2.91 bits per heavy atom. The quantitative estimate of drug-likeness (QED) is 0.420. The van der Waals surface area contributed by atoms with Crippen LogP contribution >= 0.6 is 15.9 Å². The van der Waals surface area contributed by atoms with Crippen molar-refractivity contribution in [3.8, 4) is 12.3 Å². The average Bonchev–Trinajstić information content (AvgIpc) is 1.99. The molecule has 3 heteroatoms. The van der Waals surface area contributed by atoms with E-state index >= 15 is 0 Å². The van der Waals surface area contributed by atoms with Crippen LogP contribution in [0.1, 0.15) is 19.3 Å². The number of carbonyl (C=O) groups is 1. The molecule has 0 spiro atoms. The van der Waals surface area contributed by atoms with Gasteiger partial charge in [0.05, 0.1) is 0 Å².